The van der Waals surface area contributed by atoms with E-state index in [2.05, 4.69) is 10.1 Å². The highest BCUT2D eigenvalue weighted by molar-refractivity contribution is 6.24. The smallest absolute Gasteiger partial charge is 0.407 e. The van der Waals surface area contributed by atoms with E-state index in [1.54, 1.807) is 34.4 Å². The van der Waals surface area contributed by atoms with Crippen LogP contribution in [-0.2, 0) is 16.1 Å². The minimum Gasteiger partial charge on any atom is -0.497 e. The van der Waals surface area contributed by atoms with E-state index in [4.69, 9.17) is 14.2 Å². The molecule has 8 nitrogen and oxygen atoms in total. The molecule has 0 spiro atoms. The standard InChI is InChI=1S/C28H30N2O6/c1-30(2)27(31)26(16-20-14-24(33-3)17-25(15-20)34-4)21-8-12-23(13-9-21)36-22-10-6-19(7-11-22)18-29-28(32)35-5/h6-17H,18H2,1-5H3,(H,29,32). The molecule has 0 aliphatic rings. The van der Waals surface area contributed by atoms with Gasteiger partial charge in [0.05, 0.1) is 21.3 Å². The lowest BCUT2D eigenvalue weighted by molar-refractivity contribution is -0.122. The Bertz CT molecular complexity index is 1200. The summed E-state index contributed by atoms with van der Waals surface area (Å²) in [5, 5.41) is 2.63. The number of rotatable bonds is 9. The van der Waals surface area contributed by atoms with Gasteiger partial charge in [-0.15, -0.1) is 0 Å². The van der Waals surface area contributed by atoms with Crippen LogP contribution in [0, 0.1) is 0 Å². The van der Waals surface area contributed by atoms with Crippen LogP contribution in [0.15, 0.2) is 66.7 Å². The number of amides is 2. The van der Waals surface area contributed by atoms with Crippen LogP contribution in [0.2, 0.25) is 0 Å². The van der Waals surface area contributed by atoms with Gasteiger partial charge in [0.2, 0.25) is 0 Å². The molecule has 0 saturated heterocycles. The molecule has 0 aromatic heterocycles. The first-order chi connectivity index (χ1) is 17.3. The molecule has 0 fully saturated rings. The van der Waals surface area contributed by atoms with Crippen LogP contribution in [-0.4, -0.2) is 52.3 Å². The predicted octanol–water partition coefficient (Wildman–Crippen LogP) is 4.98. The molecule has 0 heterocycles. The van der Waals surface area contributed by atoms with Gasteiger partial charge in [-0.05, 0) is 59.2 Å². The average molecular weight is 491 g/mol. The summed E-state index contributed by atoms with van der Waals surface area (Å²) >= 11 is 0. The van der Waals surface area contributed by atoms with Gasteiger partial charge in [0, 0.05) is 32.3 Å². The maximum Gasteiger partial charge on any atom is 0.407 e. The minimum absolute atomic E-state index is 0.137. The van der Waals surface area contributed by atoms with Crippen LogP contribution in [0.5, 0.6) is 23.0 Å². The highest BCUT2D eigenvalue weighted by atomic mass is 16.5. The summed E-state index contributed by atoms with van der Waals surface area (Å²) in [5.74, 6) is 2.40. The third kappa shape index (κ3) is 7.02. The third-order valence-electron chi connectivity index (χ3n) is 5.27. The number of hydrogen-bond acceptors (Lipinski definition) is 6. The van der Waals surface area contributed by atoms with E-state index in [1.165, 1.54) is 12.0 Å². The molecule has 0 radical (unpaired) electrons. The summed E-state index contributed by atoms with van der Waals surface area (Å²) in [4.78, 5) is 25.8. The molecule has 1 N–H and O–H groups in total. The first-order valence-corrected chi connectivity index (χ1v) is 11.2. The lowest BCUT2D eigenvalue weighted by Crippen LogP contribution is -2.22. The van der Waals surface area contributed by atoms with Crippen LogP contribution >= 0.6 is 0 Å². The van der Waals surface area contributed by atoms with Crippen molar-refractivity contribution in [2.24, 2.45) is 0 Å². The summed E-state index contributed by atoms with van der Waals surface area (Å²) in [6, 6.07) is 20.1. The number of carbonyl (C=O) groups excluding carboxylic acids is 2. The molecule has 0 aliphatic heterocycles. The fourth-order valence-electron chi connectivity index (χ4n) is 3.35. The molecule has 0 atom stereocenters. The van der Waals surface area contributed by atoms with Crippen molar-refractivity contribution in [3.05, 3.63) is 83.4 Å². The summed E-state index contributed by atoms with van der Waals surface area (Å²) in [5.41, 5.74) is 2.95. The number of alkyl carbamates (subject to hydrolysis) is 1. The predicted molar refractivity (Wildman–Crippen MR) is 138 cm³/mol. The number of carbonyl (C=O) groups is 2. The topological polar surface area (TPSA) is 86.3 Å². The van der Waals surface area contributed by atoms with E-state index in [0.29, 0.717) is 35.1 Å². The Morgan fingerprint density at radius 3 is 1.86 bits per heavy atom. The van der Waals surface area contributed by atoms with Crippen molar-refractivity contribution in [3.63, 3.8) is 0 Å². The monoisotopic (exact) mass is 490 g/mol. The second-order valence-electron chi connectivity index (χ2n) is 8.02. The highest BCUT2D eigenvalue weighted by Crippen LogP contribution is 2.29. The van der Waals surface area contributed by atoms with Crippen molar-refractivity contribution >= 4 is 23.6 Å². The lowest BCUT2D eigenvalue weighted by Gasteiger charge is -2.15. The van der Waals surface area contributed by atoms with E-state index in [1.807, 2.05) is 66.7 Å². The SMILES string of the molecule is COC(=O)NCc1ccc(Oc2ccc(C(=Cc3cc(OC)cc(OC)c3)C(=O)N(C)C)cc2)cc1. The highest BCUT2D eigenvalue weighted by Gasteiger charge is 2.15. The largest absolute Gasteiger partial charge is 0.497 e. The van der Waals surface area contributed by atoms with E-state index in [-0.39, 0.29) is 5.91 Å². The number of nitrogens with one attached hydrogen (secondary N) is 1. The van der Waals surface area contributed by atoms with Crippen LogP contribution < -0.4 is 19.5 Å². The Balaban J connectivity index is 1.81. The molecule has 188 valence electrons. The van der Waals surface area contributed by atoms with Crippen molar-refractivity contribution in [2.75, 3.05) is 35.4 Å². The zero-order valence-electron chi connectivity index (χ0n) is 21.0. The van der Waals surface area contributed by atoms with Gasteiger partial charge in [-0.1, -0.05) is 24.3 Å². The van der Waals surface area contributed by atoms with Crippen molar-refractivity contribution in [1.82, 2.24) is 10.2 Å². The summed E-state index contributed by atoms with van der Waals surface area (Å²) in [7, 11) is 7.91. The molecular formula is C28H30N2O6. The minimum atomic E-state index is -0.484. The van der Waals surface area contributed by atoms with Gasteiger partial charge >= 0.3 is 6.09 Å². The van der Waals surface area contributed by atoms with E-state index < -0.39 is 6.09 Å². The van der Waals surface area contributed by atoms with Gasteiger partial charge in [0.15, 0.2) is 0 Å². The zero-order chi connectivity index (χ0) is 26.1. The molecule has 3 aromatic carbocycles. The Morgan fingerprint density at radius 2 is 1.36 bits per heavy atom. The molecular weight excluding hydrogens is 460 g/mol. The molecule has 0 aliphatic carbocycles. The summed E-state index contributed by atoms with van der Waals surface area (Å²) in [6.07, 6.45) is 1.33. The van der Waals surface area contributed by atoms with Crippen molar-refractivity contribution < 1.29 is 28.5 Å². The number of hydrogen-bond donors (Lipinski definition) is 1. The second kappa shape index (κ2) is 12.3. The van der Waals surface area contributed by atoms with Gasteiger partial charge in [-0.2, -0.15) is 0 Å². The number of methoxy groups -OCH3 is 3. The Labute approximate surface area is 211 Å². The van der Waals surface area contributed by atoms with Gasteiger partial charge in [0.1, 0.15) is 23.0 Å². The molecule has 36 heavy (non-hydrogen) atoms. The van der Waals surface area contributed by atoms with Crippen molar-refractivity contribution in [3.8, 4) is 23.0 Å². The number of likely N-dealkylation sites (N-methyl/N-ethyl adjacent to an activating group) is 1. The summed E-state index contributed by atoms with van der Waals surface area (Å²) < 4.78 is 21.2. The third-order valence-corrected chi connectivity index (χ3v) is 5.27. The number of benzene rings is 3. The van der Waals surface area contributed by atoms with E-state index in [0.717, 1.165) is 16.7 Å². The Kier molecular flexibility index (Phi) is 8.94. The lowest BCUT2D eigenvalue weighted by atomic mass is 10.0. The first kappa shape index (κ1) is 26.2. The number of nitrogens with zero attached hydrogens (tertiary/aromatic N) is 1. The Morgan fingerprint density at radius 1 is 0.806 bits per heavy atom. The average Bonchev–Trinajstić information content (AvgIpc) is 2.90. The molecule has 3 rings (SSSR count). The molecule has 0 unspecified atom stereocenters. The normalized spacial score (nSPS) is 10.9. The second-order valence-corrected chi connectivity index (χ2v) is 8.02. The molecule has 8 heteroatoms. The maximum absolute atomic E-state index is 13.0. The maximum atomic E-state index is 13.0. The van der Waals surface area contributed by atoms with Gasteiger partial charge in [0.25, 0.3) is 5.91 Å². The van der Waals surface area contributed by atoms with Crippen LogP contribution in [0.1, 0.15) is 16.7 Å². The van der Waals surface area contributed by atoms with Crippen LogP contribution in [0.3, 0.4) is 0 Å². The van der Waals surface area contributed by atoms with Crippen LogP contribution in [0.25, 0.3) is 11.6 Å². The first-order valence-electron chi connectivity index (χ1n) is 11.2. The van der Waals surface area contributed by atoms with Gasteiger partial charge < -0.3 is 29.2 Å². The quantitative estimate of drug-likeness (QED) is 0.336. The van der Waals surface area contributed by atoms with Crippen molar-refractivity contribution in [2.45, 2.75) is 6.54 Å². The fourth-order valence-corrected chi connectivity index (χ4v) is 3.35. The summed E-state index contributed by atoms with van der Waals surface area (Å²) in [6.45, 7) is 0.357. The molecule has 2 amide bonds. The van der Waals surface area contributed by atoms with E-state index >= 15 is 0 Å². The van der Waals surface area contributed by atoms with E-state index in [9.17, 15) is 9.59 Å². The number of ether oxygens (including phenoxy) is 4. The Hall–Kier alpha value is -4.46. The molecule has 3 aromatic rings. The zero-order valence-corrected chi connectivity index (χ0v) is 21.0. The fraction of sp³-hybridized carbons (Fsp3) is 0.214. The van der Waals surface area contributed by atoms with Crippen molar-refractivity contribution in [1.29, 1.82) is 0 Å². The van der Waals surface area contributed by atoms with Gasteiger partial charge in [-0.3, -0.25) is 4.79 Å². The molecule has 0 saturated carbocycles. The molecule has 0 bridgehead atoms. The van der Waals surface area contributed by atoms with Gasteiger partial charge in [-0.25, -0.2) is 4.79 Å². The van der Waals surface area contributed by atoms with Crippen LogP contribution in [0.4, 0.5) is 4.79 Å².